The smallest absolute Gasteiger partial charge is 0.199 e. The Hall–Kier alpha value is -1.13. The van der Waals surface area contributed by atoms with Crippen LogP contribution in [-0.4, -0.2) is 17.9 Å². The number of furan rings is 1. The lowest BCUT2D eigenvalue weighted by atomic mass is 9.95. The van der Waals surface area contributed by atoms with Gasteiger partial charge in [-0.2, -0.15) is 0 Å². The highest BCUT2D eigenvalue weighted by molar-refractivity contribution is 9.10. The molecule has 1 aliphatic rings. The van der Waals surface area contributed by atoms with Crippen LogP contribution in [0.5, 0.6) is 0 Å². The monoisotopic (exact) mass is 335 g/mol. The Morgan fingerprint density at radius 3 is 3.05 bits per heavy atom. The van der Waals surface area contributed by atoms with Crippen LogP contribution >= 0.6 is 15.9 Å². The molecule has 0 spiro atoms. The van der Waals surface area contributed by atoms with Crippen molar-refractivity contribution in [2.24, 2.45) is 0 Å². The average molecular weight is 336 g/mol. The van der Waals surface area contributed by atoms with E-state index in [2.05, 4.69) is 28.2 Å². The summed E-state index contributed by atoms with van der Waals surface area (Å²) in [5.74, 6) is 0.557. The zero-order chi connectivity index (χ0) is 14.1. The summed E-state index contributed by atoms with van der Waals surface area (Å²) in [6.07, 6.45) is 3.98. The minimum absolute atomic E-state index is 0.0870. The third-order valence-electron chi connectivity index (χ3n) is 3.89. The van der Waals surface area contributed by atoms with Crippen molar-refractivity contribution in [3.8, 4) is 0 Å². The van der Waals surface area contributed by atoms with Crippen LogP contribution in [0.25, 0.3) is 11.0 Å². The molecule has 106 valence electrons. The van der Waals surface area contributed by atoms with Crippen molar-refractivity contribution in [2.45, 2.75) is 44.7 Å². The molecular formula is C16H18BrNO2. The molecule has 2 atom stereocenters. The van der Waals surface area contributed by atoms with Gasteiger partial charge in [0.15, 0.2) is 11.5 Å². The van der Waals surface area contributed by atoms with Crippen molar-refractivity contribution in [3.63, 3.8) is 0 Å². The fourth-order valence-electron chi connectivity index (χ4n) is 2.88. The third-order valence-corrected chi connectivity index (χ3v) is 4.39. The van der Waals surface area contributed by atoms with Crippen molar-refractivity contribution in [1.29, 1.82) is 0 Å². The fourth-order valence-corrected chi connectivity index (χ4v) is 3.26. The van der Waals surface area contributed by atoms with Gasteiger partial charge in [0.05, 0.1) is 0 Å². The van der Waals surface area contributed by atoms with Gasteiger partial charge < -0.3 is 9.73 Å². The Kier molecular flexibility index (Phi) is 3.94. The summed E-state index contributed by atoms with van der Waals surface area (Å²) in [4.78, 5) is 12.3. The first-order valence-corrected chi connectivity index (χ1v) is 7.89. The van der Waals surface area contributed by atoms with E-state index in [-0.39, 0.29) is 11.8 Å². The molecular weight excluding hydrogens is 318 g/mol. The number of nitrogens with one attached hydrogen (secondary N) is 1. The number of benzene rings is 1. The van der Waals surface area contributed by atoms with Gasteiger partial charge in [0.2, 0.25) is 0 Å². The lowest BCUT2D eigenvalue weighted by molar-refractivity contribution is 0.0935. The standard InChI is InChI=1S/C16H18BrNO2/c1-10-3-2-4-13(18-10)9-14(19)16-8-11-7-12(17)5-6-15(11)20-16/h5-8,10,13,18H,2-4,9H2,1H3. The van der Waals surface area contributed by atoms with Crippen LogP contribution in [0.4, 0.5) is 0 Å². The minimum Gasteiger partial charge on any atom is -0.453 e. The lowest BCUT2D eigenvalue weighted by Gasteiger charge is -2.28. The number of ketones is 1. The number of Topliss-reactive ketones (excluding diaryl/α,β-unsaturated/α-hetero) is 1. The Bertz CT molecular complexity index is 634. The highest BCUT2D eigenvalue weighted by Crippen LogP contribution is 2.25. The molecule has 0 amide bonds. The van der Waals surface area contributed by atoms with E-state index in [4.69, 9.17) is 4.42 Å². The van der Waals surface area contributed by atoms with Crippen LogP contribution in [0.15, 0.2) is 33.2 Å². The van der Waals surface area contributed by atoms with Crippen molar-refractivity contribution in [2.75, 3.05) is 0 Å². The van der Waals surface area contributed by atoms with E-state index < -0.39 is 0 Å². The first-order chi connectivity index (χ1) is 9.61. The summed E-state index contributed by atoms with van der Waals surface area (Å²) >= 11 is 3.43. The number of rotatable bonds is 3. The van der Waals surface area contributed by atoms with Crippen LogP contribution in [-0.2, 0) is 0 Å². The molecule has 0 bridgehead atoms. The fraction of sp³-hybridized carbons (Fsp3) is 0.438. The third kappa shape index (κ3) is 2.96. The van der Waals surface area contributed by atoms with Crippen LogP contribution < -0.4 is 5.32 Å². The largest absolute Gasteiger partial charge is 0.453 e. The molecule has 1 saturated heterocycles. The minimum atomic E-state index is 0.0870. The number of hydrogen-bond donors (Lipinski definition) is 1. The second-order valence-electron chi connectivity index (χ2n) is 5.62. The maximum absolute atomic E-state index is 12.3. The van der Waals surface area contributed by atoms with Gasteiger partial charge in [-0.15, -0.1) is 0 Å². The van der Waals surface area contributed by atoms with Crippen molar-refractivity contribution < 1.29 is 9.21 Å². The molecule has 2 aromatic rings. The first kappa shape index (κ1) is 13.8. The molecule has 1 aromatic heterocycles. The summed E-state index contributed by atoms with van der Waals surface area (Å²) in [5.41, 5.74) is 0.765. The van der Waals surface area contributed by atoms with Crippen LogP contribution in [0, 0.1) is 0 Å². The first-order valence-electron chi connectivity index (χ1n) is 7.10. The predicted octanol–water partition coefficient (Wildman–Crippen LogP) is 4.30. The number of carbonyl (C=O) groups is 1. The van der Waals surface area contributed by atoms with E-state index in [9.17, 15) is 4.79 Å². The highest BCUT2D eigenvalue weighted by Gasteiger charge is 2.22. The Morgan fingerprint density at radius 1 is 1.40 bits per heavy atom. The van der Waals surface area contributed by atoms with Crippen LogP contribution in [0.1, 0.15) is 43.2 Å². The van der Waals surface area contributed by atoms with E-state index in [0.29, 0.717) is 18.2 Å². The topological polar surface area (TPSA) is 42.2 Å². The maximum Gasteiger partial charge on any atom is 0.199 e. The van der Waals surface area contributed by atoms with Crippen LogP contribution in [0.2, 0.25) is 0 Å². The summed E-state index contributed by atoms with van der Waals surface area (Å²) in [7, 11) is 0. The average Bonchev–Trinajstić information content (AvgIpc) is 2.81. The highest BCUT2D eigenvalue weighted by atomic mass is 79.9. The van der Waals surface area contributed by atoms with Gasteiger partial charge in [0.25, 0.3) is 0 Å². The number of hydrogen-bond acceptors (Lipinski definition) is 3. The van der Waals surface area contributed by atoms with E-state index in [1.165, 1.54) is 12.8 Å². The summed E-state index contributed by atoms with van der Waals surface area (Å²) in [5, 5.41) is 4.46. The Morgan fingerprint density at radius 2 is 2.25 bits per heavy atom. The Labute approximate surface area is 126 Å². The van der Waals surface area contributed by atoms with Gasteiger partial charge >= 0.3 is 0 Å². The van der Waals surface area contributed by atoms with Crippen molar-refractivity contribution in [1.82, 2.24) is 5.32 Å². The van der Waals surface area contributed by atoms with Crippen molar-refractivity contribution in [3.05, 3.63) is 34.5 Å². The molecule has 20 heavy (non-hydrogen) atoms. The van der Waals surface area contributed by atoms with Gasteiger partial charge in [-0.05, 0) is 44.0 Å². The van der Waals surface area contributed by atoms with E-state index in [0.717, 1.165) is 21.9 Å². The molecule has 4 heteroatoms. The predicted molar refractivity (Wildman–Crippen MR) is 83.1 cm³/mol. The van der Waals surface area contributed by atoms with E-state index in [1.54, 1.807) is 0 Å². The van der Waals surface area contributed by atoms with E-state index >= 15 is 0 Å². The zero-order valence-electron chi connectivity index (χ0n) is 11.5. The molecule has 1 N–H and O–H groups in total. The van der Waals surface area contributed by atoms with Gasteiger partial charge in [-0.1, -0.05) is 22.4 Å². The summed E-state index contributed by atoms with van der Waals surface area (Å²) in [6.45, 7) is 2.18. The number of piperidine rings is 1. The molecule has 0 radical (unpaired) electrons. The molecule has 2 heterocycles. The van der Waals surface area contributed by atoms with Gasteiger partial charge in [-0.3, -0.25) is 4.79 Å². The van der Waals surface area contributed by atoms with Crippen molar-refractivity contribution >= 4 is 32.7 Å². The molecule has 1 aliphatic heterocycles. The van der Waals surface area contributed by atoms with Gasteiger partial charge in [0, 0.05) is 28.4 Å². The SMILES string of the molecule is CC1CCCC(CC(=O)c2cc3cc(Br)ccc3o2)N1. The molecule has 3 nitrogen and oxygen atoms in total. The quantitative estimate of drug-likeness (QED) is 0.850. The van der Waals surface area contributed by atoms with Crippen LogP contribution in [0.3, 0.4) is 0 Å². The lowest BCUT2D eigenvalue weighted by Crippen LogP contribution is -2.41. The Balaban J connectivity index is 1.75. The second kappa shape index (κ2) is 5.70. The number of fused-ring (bicyclic) bond motifs is 1. The molecule has 2 unspecified atom stereocenters. The molecule has 0 saturated carbocycles. The number of carbonyl (C=O) groups excluding carboxylic acids is 1. The molecule has 1 aromatic carbocycles. The number of halogens is 1. The normalized spacial score (nSPS) is 23.1. The molecule has 0 aliphatic carbocycles. The maximum atomic E-state index is 12.3. The van der Waals surface area contributed by atoms with Gasteiger partial charge in [0.1, 0.15) is 5.58 Å². The second-order valence-corrected chi connectivity index (χ2v) is 6.53. The summed E-state index contributed by atoms with van der Waals surface area (Å²) < 4.78 is 6.65. The zero-order valence-corrected chi connectivity index (χ0v) is 13.1. The van der Waals surface area contributed by atoms with E-state index in [1.807, 2.05) is 24.3 Å². The van der Waals surface area contributed by atoms with Gasteiger partial charge in [-0.25, -0.2) is 0 Å². The molecule has 1 fully saturated rings. The molecule has 3 rings (SSSR count). The summed E-state index contributed by atoms with van der Waals surface area (Å²) in [6, 6.07) is 8.41.